The molecule has 0 aliphatic carbocycles. The number of carbonyl (C=O) groups is 1. The molecule has 0 saturated heterocycles. The first-order valence-corrected chi connectivity index (χ1v) is 6.66. The number of allylic oxidation sites excluding steroid dienone is 3. The molecule has 0 N–H and O–H groups in total. The van der Waals surface area contributed by atoms with Crippen molar-refractivity contribution in [2.45, 2.75) is 20.3 Å². The SMILES string of the molecule is COC(=O)C/C=C/C=C(/c1ccc(OC)cc1)C(C)C. The summed E-state index contributed by atoms with van der Waals surface area (Å²) < 4.78 is 9.75. The van der Waals surface area contributed by atoms with E-state index in [9.17, 15) is 4.79 Å². The van der Waals surface area contributed by atoms with Crippen molar-refractivity contribution in [3.05, 3.63) is 48.1 Å². The summed E-state index contributed by atoms with van der Waals surface area (Å²) in [7, 11) is 3.05. The van der Waals surface area contributed by atoms with Crippen molar-refractivity contribution in [1.29, 1.82) is 0 Å². The lowest BCUT2D eigenvalue weighted by Gasteiger charge is -2.11. The van der Waals surface area contributed by atoms with E-state index in [-0.39, 0.29) is 5.97 Å². The van der Waals surface area contributed by atoms with E-state index >= 15 is 0 Å². The van der Waals surface area contributed by atoms with E-state index in [1.165, 1.54) is 12.7 Å². The number of hydrogen-bond acceptors (Lipinski definition) is 3. The Kier molecular flexibility index (Phi) is 6.57. The maximum absolute atomic E-state index is 11.0. The molecule has 0 spiro atoms. The minimum Gasteiger partial charge on any atom is -0.497 e. The summed E-state index contributed by atoms with van der Waals surface area (Å²) in [6, 6.07) is 7.98. The molecule has 0 aliphatic rings. The zero-order chi connectivity index (χ0) is 15.0. The summed E-state index contributed by atoms with van der Waals surface area (Å²) in [6.07, 6.45) is 6.03. The molecule has 0 heterocycles. The van der Waals surface area contributed by atoms with E-state index in [4.69, 9.17) is 4.74 Å². The molecule has 1 aromatic carbocycles. The zero-order valence-electron chi connectivity index (χ0n) is 12.6. The average Bonchev–Trinajstić information content (AvgIpc) is 2.46. The molecule has 0 fully saturated rings. The quantitative estimate of drug-likeness (QED) is 0.584. The van der Waals surface area contributed by atoms with Gasteiger partial charge in [-0.05, 0) is 29.2 Å². The Morgan fingerprint density at radius 2 is 1.85 bits per heavy atom. The molecule has 0 aliphatic heterocycles. The van der Waals surface area contributed by atoms with Crippen LogP contribution in [-0.2, 0) is 9.53 Å². The molecular weight excluding hydrogens is 252 g/mol. The highest BCUT2D eigenvalue weighted by Gasteiger charge is 2.05. The Morgan fingerprint density at radius 1 is 1.20 bits per heavy atom. The van der Waals surface area contributed by atoms with Gasteiger partial charge in [0, 0.05) is 0 Å². The van der Waals surface area contributed by atoms with Gasteiger partial charge in [-0.15, -0.1) is 0 Å². The second-order valence-corrected chi connectivity index (χ2v) is 4.71. The predicted octanol–water partition coefficient (Wildman–Crippen LogP) is 3.85. The van der Waals surface area contributed by atoms with Crippen LogP contribution in [0.4, 0.5) is 0 Å². The topological polar surface area (TPSA) is 35.5 Å². The predicted molar refractivity (Wildman–Crippen MR) is 81.6 cm³/mol. The number of methoxy groups -OCH3 is 2. The van der Waals surface area contributed by atoms with Crippen molar-refractivity contribution in [1.82, 2.24) is 0 Å². The van der Waals surface area contributed by atoms with Gasteiger partial charge in [-0.3, -0.25) is 4.79 Å². The Balaban J connectivity index is 2.84. The molecule has 20 heavy (non-hydrogen) atoms. The zero-order valence-corrected chi connectivity index (χ0v) is 12.6. The fraction of sp³-hybridized carbons (Fsp3) is 0.353. The molecule has 108 valence electrons. The fourth-order valence-electron chi connectivity index (χ4n) is 1.82. The lowest BCUT2D eigenvalue weighted by Crippen LogP contribution is -1.96. The normalized spacial score (nSPS) is 11.9. The van der Waals surface area contributed by atoms with Gasteiger partial charge >= 0.3 is 5.97 Å². The Morgan fingerprint density at radius 3 is 2.35 bits per heavy atom. The number of rotatable bonds is 6. The standard InChI is InChI=1S/C17H22O3/c1-13(2)16(7-5-6-8-17(18)20-4)14-9-11-15(19-3)12-10-14/h5-7,9-13H,8H2,1-4H3/b6-5+,16-7+. The molecule has 1 rings (SSSR count). The highest BCUT2D eigenvalue weighted by molar-refractivity contribution is 5.72. The summed E-state index contributed by atoms with van der Waals surface area (Å²) in [5.74, 6) is 1.01. The minimum absolute atomic E-state index is 0.231. The number of benzene rings is 1. The minimum atomic E-state index is -0.231. The molecular formula is C17H22O3. The van der Waals surface area contributed by atoms with Crippen LogP contribution in [0, 0.1) is 5.92 Å². The third kappa shape index (κ3) is 4.92. The van der Waals surface area contributed by atoms with Gasteiger partial charge in [0.15, 0.2) is 0 Å². The van der Waals surface area contributed by atoms with Crippen LogP contribution >= 0.6 is 0 Å². The van der Waals surface area contributed by atoms with Gasteiger partial charge in [0.25, 0.3) is 0 Å². The van der Waals surface area contributed by atoms with Crippen LogP contribution in [0.2, 0.25) is 0 Å². The first-order chi connectivity index (χ1) is 9.58. The summed E-state index contributed by atoms with van der Waals surface area (Å²) in [4.78, 5) is 11.0. The van der Waals surface area contributed by atoms with Crippen molar-refractivity contribution in [2.75, 3.05) is 14.2 Å². The summed E-state index contributed by atoms with van der Waals surface area (Å²) in [5.41, 5.74) is 2.37. The van der Waals surface area contributed by atoms with Gasteiger partial charge in [-0.2, -0.15) is 0 Å². The second kappa shape index (κ2) is 8.20. The van der Waals surface area contributed by atoms with E-state index in [2.05, 4.69) is 18.6 Å². The number of esters is 1. The van der Waals surface area contributed by atoms with Crippen molar-refractivity contribution in [3.8, 4) is 5.75 Å². The molecule has 0 bridgehead atoms. The maximum atomic E-state index is 11.0. The van der Waals surface area contributed by atoms with Crippen molar-refractivity contribution in [3.63, 3.8) is 0 Å². The molecule has 0 radical (unpaired) electrons. The molecule has 3 nitrogen and oxygen atoms in total. The average molecular weight is 274 g/mol. The lowest BCUT2D eigenvalue weighted by atomic mass is 9.95. The smallest absolute Gasteiger partial charge is 0.309 e. The monoisotopic (exact) mass is 274 g/mol. The van der Waals surface area contributed by atoms with Gasteiger partial charge in [-0.1, -0.05) is 44.2 Å². The molecule has 0 atom stereocenters. The van der Waals surface area contributed by atoms with E-state index in [1.807, 2.05) is 36.4 Å². The Bertz CT molecular complexity index is 481. The number of hydrogen-bond donors (Lipinski definition) is 0. The molecule has 3 heteroatoms. The van der Waals surface area contributed by atoms with Crippen LogP contribution in [0.15, 0.2) is 42.5 Å². The van der Waals surface area contributed by atoms with Crippen molar-refractivity contribution in [2.24, 2.45) is 5.92 Å². The molecule has 1 aromatic rings. The second-order valence-electron chi connectivity index (χ2n) is 4.71. The van der Waals surface area contributed by atoms with Crippen LogP contribution < -0.4 is 4.74 Å². The van der Waals surface area contributed by atoms with Crippen LogP contribution in [-0.4, -0.2) is 20.2 Å². The van der Waals surface area contributed by atoms with E-state index in [0.717, 1.165) is 11.3 Å². The third-order valence-corrected chi connectivity index (χ3v) is 2.97. The highest BCUT2D eigenvalue weighted by atomic mass is 16.5. The highest BCUT2D eigenvalue weighted by Crippen LogP contribution is 2.25. The van der Waals surface area contributed by atoms with E-state index in [1.54, 1.807) is 13.2 Å². The fourth-order valence-corrected chi connectivity index (χ4v) is 1.82. The molecule has 0 saturated carbocycles. The third-order valence-electron chi connectivity index (χ3n) is 2.97. The molecule has 0 amide bonds. The number of carbonyl (C=O) groups excluding carboxylic acids is 1. The summed E-state index contributed by atoms with van der Waals surface area (Å²) in [5, 5.41) is 0. The van der Waals surface area contributed by atoms with Gasteiger partial charge in [0.2, 0.25) is 0 Å². The Hall–Kier alpha value is -2.03. The maximum Gasteiger partial charge on any atom is 0.309 e. The van der Waals surface area contributed by atoms with E-state index in [0.29, 0.717) is 12.3 Å². The van der Waals surface area contributed by atoms with Crippen LogP contribution in [0.3, 0.4) is 0 Å². The van der Waals surface area contributed by atoms with Gasteiger partial charge in [0.05, 0.1) is 20.6 Å². The van der Waals surface area contributed by atoms with Crippen molar-refractivity contribution >= 4 is 11.5 Å². The van der Waals surface area contributed by atoms with Crippen molar-refractivity contribution < 1.29 is 14.3 Å². The first kappa shape index (κ1) is 16.0. The lowest BCUT2D eigenvalue weighted by molar-refractivity contribution is -0.139. The van der Waals surface area contributed by atoms with Gasteiger partial charge in [0.1, 0.15) is 5.75 Å². The van der Waals surface area contributed by atoms with Gasteiger partial charge < -0.3 is 9.47 Å². The van der Waals surface area contributed by atoms with Crippen LogP contribution in [0.5, 0.6) is 5.75 Å². The van der Waals surface area contributed by atoms with Gasteiger partial charge in [-0.25, -0.2) is 0 Å². The van der Waals surface area contributed by atoms with Crippen LogP contribution in [0.1, 0.15) is 25.8 Å². The first-order valence-electron chi connectivity index (χ1n) is 6.66. The van der Waals surface area contributed by atoms with E-state index < -0.39 is 0 Å². The van der Waals surface area contributed by atoms with Crippen LogP contribution in [0.25, 0.3) is 5.57 Å². The largest absolute Gasteiger partial charge is 0.497 e. The summed E-state index contributed by atoms with van der Waals surface area (Å²) in [6.45, 7) is 4.29. The summed E-state index contributed by atoms with van der Waals surface area (Å²) >= 11 is 0. The molecule has 0 unspecified atom stereocenters. The molecule has 0 aromatic heterocycles. The number of ether oxygens (including phenoxy) is 2. The Labute approximate surface area is 120 Å².